The van der Waals surface area contributed by atoms with Crippen LogP contribution in [0.1, 0.15) is 57.8 Å². The first-order chi connectivity index (χ1) is 7.85. The van der Waals surface area contributed by atoms with E-state index in [1.165, 1.54) is 70.9 Å². The van der Waals surface area contributed by atoms with Crippen LogP contribution in [-0.4, -0.2) is 36.2 Å². The van der Waals surface area contributed by atoms with Crippen LogP contribution in [0.4, 0.5) is 0 Å². The van der Waals surface area contributed by atoms with Crippen LogP contribution < -0.4 is 0 Å². The van der Waals surface area contributed by atoms with Gasteiger partial charge in [0.1, 0.15) is 0 Å². The molecule has 2 fully saturated rings. The molecule has 2 rings (SSSR count). The first-order valence-electron chi connectivity index (χ1n) is 7.18. The minimum absolute atomic E-state index is 0.263. The molecule has 0 unspecified atom stereocenters. The third-order valence-corrected chi connectivity index (χ3v) is 4.51. The molecular weight excluding hydrogens is 198 g/mol. The van der Waals surface area contributed by atoms with Crippen molar-refractivity contribution < 1.29 is 5.11 Å². The van der Waals surface area contributed by atoms with Crippen molar-refractivity contribution in [3.63, 3.8) is 0 Å². The molecule has 1 aliphatic carbocycles. The van der Waals surface area contributed by atoms with Crippen molar-refractivity contribution in [2.24, 2.45) is 5.41 Å². The number of hydrogen-bond acceptors (Lipinski definition) is 2. The van der Waals surface area contributed by atoms with Crippen molar-refractivity contribution in [3.05, 3.63) is 0 Å². The third-order valence-electron chi connectivity index (χ3n) is 4.51. The Morgan fingerprint density at radius 3 is 1.94 bits per heavy atom. The minimum atomic E-state index is 0.263. The molecule has 1 N–H and O–H groups in total. The summed E-state index contributed by atoms with van der Waals surface area (Å²) in [6.45, 7) is 4.09. The zero-order chi connectivity index (χ0) is 11.3. The van der Waals surface area contributed by atoms with Gasteiger partial charge in [-0.15, -0.1) is 0 Å². The fourth-order valence-electron chi connectivity index (χ4n) is 3.44. The average Bonchev–Trinajstić information content (AvgIpc) is 2.71. The molecule has 0 atom stereocenters. The molecule has 2 heteroatoms. The third kappa shape index (κ3) is 3.21. The summed E-state index contributed by atoms with van der Waals surface area (Å²) in [5.41, 5.74) is 0.263. The normalized spacial score (nSPS) is 27.6. The minimum Gasteiger partial charge on any atom is -0.396 e. The van der Waals surface area contributed by atoms with Crippen LogP contribution in [0.3, 0.4) is 0 Å². The maximum Gasteiger partial charge on any atom is 0.0499 e. The van der Waals surface area contributed by atoms with E-state index in [9.17, 15) is 5.11 Å². The predicted molar refractivity (Wildman–Crippen MR) is 67.5 cm³/mol. The van der Waals surface area contributed by atoms with Crippen molar-refractivity contribution in [2.45, 2.75) is 57.8 Å². The molecule has 0 aromatic heterocycles. The van der Waals surface area contributed by atoms with Crippen LogP contribution in [0.15, 0.2) is 0 Å². The second kappa shape index (κ2) is 6.02. The molecule has 0 radical (unpaired) electrons. The first kappa shape index (κ1) is 12.4. The van der Waals surface area contributed by atoms with E-state index in [2.05, 4.69) is 4.90 Å². The summed E-state index contributed by atoms with van der Waals surface area (Å²) < 4.78 is 0. The van der Waals surface area contributed by atoms with E-state index in [4.69, 9.17) is 0 Å². The van der Waals surface area contributed by atoms with Gasteiger partial charge < -0.3 is 10.0 Å². The Labute approximate surface area is 100 Å². The molecular formula is C14H27NO. The Morgan fingerprint density at radius 1 is 0.812 bits per heavy atom. The van der Waals surface area contributed by atoms with Gasteiger partial charge in [0, 0.05) is 18.6 Å². The van der Waals surface area contributed by atoms with Crippen LogP contribution in [0.5, 0.6) is 0 Å². The van der Waals surface area contributed by atoms with Gasteiger partial charge in [0.05, 0.1) is 0 Å². The topological polar surface area (TPSA) is 23.5 Å². The SMILES string of the molecule is OCC1(CN2CCCCCCC2)CCCC1. The summed E-state index contributed by atoms with van der Waals surface area (Å²) in [7, 11) is 0. The zero-order valence-electron chi connectivity index (χ0n) is 10.6. The Kier molecular flexibility index (Phi) is 4.66. The lowest BCUT2D eigenvalue weighted by atomic mass is 9.86. The van der Waals surface area contributed by atoms with Gasteiger partial charge >= 0.3 is 0 Å². The highest BCUT2D eigenvalue weighted by Gasteiger charge is 2.34. The van der Waals surface area contributed by atoms with Gasteiger partial charge in [-0.25, -0.2) is 0 Å². The van der Waals surface area contributed by atoms with E-state index in [1.807, 2.05) is 0 Å². The summed E-state index contributed by atoms with van der Waals surface area (Å²) >= 11 is 0. The Bertz CT molecular complexity index is 191. The van der Waals surface area contributed by atoms with Crippen molar-refractivity contribution >= 4 is 0 Å². The van der Waals surface area contributed by atoms with Crippen LogP contribution in [-0.2, 0) is 0 Å². The summed E-state index contributed by atoms with van der Waals surface area (Å²) in [6, 6.07) is 0. The largest absolute Gasteiger partial charge is 0.396 e. The smallest absolute Gasteiger partial charge is 0.0499 e. The molecule has 0 aromatic rings. The number of aliphatic hydroxyl groups is 1. The van der Waals surface area contributed by atoms with Gasteiger partial charge in [0.25, 0.3) is 0 Å². The van der Waals surface area contributed by atoms with Gasteiger partial charge in [-0.05, 0) is 38.8 Å². The predicted octanol–water partition coefficient (Wildman–Crippen LogP) is 2.81. The molecule has 0 bridgehead atoms. The Morgan fingerprint density at radius 2 is 1.38 bits per heavy atom. The molecule has 1 aliphatic heterocycles. The molecule has 16 heavy (non-hydrogen) atoms. The number of nitrogens with zero attached hydrogens (tertiary/aromatic N) is 1. The van der Waals surface area contributed by atoms with Gasteiger partial charge in [-0.3, -0.25) is 0 Å². The van der Waals surface area contributed by atoms with Gasteiger partial charge in [0.2, 0.25) is 0 Å². The molecule has 2 nitrogen and oxygen atoms in total. The van der Waals surface area contributed by atoms with Crippen molar-refractivity contribution in [2.75, 3.05) is 26.2 Å². The van der Waals surface area contributed by atoms with Gasteiger partial charge in [-0.1, -0.05) is 32.1 Å². The molecule has 94 valence electrons. The lowest BCUT2D eigenvalue weighted by molar-refractivity contribution is 0.0745. The van der Waals surface area contributed by atoms with Crippen LogP contribution in [0, 0.1) is 5.41 Å². The zero-order valence-corrected chi connectivity index (χ0v) is 10.6. The van der Waals surface area contributed by atoms with Gasteiger partial charge in [0.15, 0.2) is 0 Å². The van der Waals surface area contributed by atoms with Crippen molar-refractivity contribution in [1.29, 1.82) is 0 Å². The van der Waals surface area contributed by atoms with Gasteiger partial charge in [-0.2, -0.15) is 0 Å². The van der Waals surface area contributed by atoms with Crippen molar-refractivity contribution in [1.82, 2.24) is 4.90 Å². The van der Waals surface area contributed by atoms with E-state index in [0.717, 1.165) is 6.54 Å². The van der Waals surface area contributed by atoms with Crippen molar-refractivity contribution in [3.8, 4) is 0 Å². The van der Waals surface area contributed by atoms with Crippen LogP contribution in [0.25, 0.3) is 0 Å². The molecule has 1 saturated carbocycles. The number of rotatable bonds is 3. The Balaban J connectivity index is 1.85. The molecule has 0 aromatic carbocycles. The summed E-state index contributed by atoms with van der Waals surface area (Å²) in [4.78, 5) is 2.63. The standard InChI is InChI=1S/C14H27NO/c16-13-14(8-4-5-9-14)12-15-10-6-2-1-3-7-11-15/h16H,1-13H2. The maximum atomic E-state index is 9.65. The summed E-state index contributed by atoms with van der Waals surface area (Å²) in [6.07, 6.45) is 12.1. The number of likely N-dealkylation sites (tertiary alicyclic amines) is 1. The number of aliphatic hydroxyl groups excluding tert-OH is 1. The lowest BCUT2D eigenvalue weighted by Crippen LogP contribution is -2.40. The molecule has 1 saturated heterocycles. The highest BCUT2D eigenvalue weighted by Crippen LogP contribution is 2.38. The van der Waals surface area contributed by atoms with Crippen LogP contribution >= 0.6 is 0 Å². The molecule has 0 spiro atoms. The summed E-state index contributed by atoms with van der Waals surface area (Å²) in [5, 5.41) is 9.65. The van der Waals surface area contributed by atoms with E-state index in [1.54, 1.807) is 0 Å². The average molecular weight is 225 g/mol. The number of hydrogen-bond donors (Lipinski definition) is 1. The second-order valence-electron chi connectivity index (χ2n) is 5.91. The quantitative estimate of drug-likeness (QED) is 0.798. The van der Waals surface area contributed by atoms with E-state index in [-0.39, 0.29) is 5.41 Å². The highest BCUT2D eigenvalue weighted by molar-refractivity contribution is 4.87. The van der Waals surface area contributed by atoms with Crippen LogP contribution in [0.2, 0.25) is 0 Å². The Hall–Kier alpha value is -0.0800. The van der Waals surface area contributed by atoms with E-state index in [0.29, 0.717) is 6.61 Å². The fraction of sp³-hybridized carbons (Fsp3) is 1.00. The fourth-order valence-corrected chi connectivity index (χ4v) is 3.44. The molecule has 0 amide bonds. The van der Waals surface area contributed by atoms with E-state index >= 15 is 0 Å². The van der Waals surface area contributed by atoms with E-state index < -0.39 is 0 Å². The maximum absolute atomic E-state index is 9.65. The lowest BCUT2D eigenvalue weighted by Gasteiger charge is -2.35. The highest BCUT2D eigenvalue weighted by atomic mass is 16.3. The monoisotopic (exact) mass is 225 g/mol. The second-order valence-corrected chi connectivity index (χ2v) is 5.91. The first-order valence-corrected chi connectivity index (χ1v) is 7.18. The molecule has 2 aliphatic rings. The molecule has 1 heterocycles. The summed E-state index contributed by atoms with van der Waals surface area (Å²) in [5.74, 6) is 0.